The molecular weight excluding hydrogens is 385 g/mol. The number of nitrogens with zero attached hydrogens (tertiary/aromatic N) is 1. The maximum atomic E-state index is 13.3. The Morgan fingerprint density at radius 2 is 2.00 bits per heavy atom. The summed E-state index contributed by atoms with van der Waals surface area (Å²) in [6.45, 7) is 1.87. The fourth-order valence-electron chi connectivity index (χ4n) is 3.29. The Morgan fingerprint density at radius 1 is 1.30 bits per heavy atom. The van der Waals surface area contributed by atoms with Crippen molar-refractivity contribution >= 4 is 41.1 Å². The van der Waals surface area contributed by atoms with Gasteiger partial charge in [-0.1, -0.05) is 12.1 Å². The number of aromatic carboxylic acids is 1. The second kappa shape index (κ2) is 8.35. The minimum Gasteiger partial charge on any atom is -0.478 e. The van der Waals surface area contributed by atoms with E-state index in [0.717, 1.165) is 28.1 Å². The monoisotopic (exact) mass is 405 g/mol. The summed E-state index contributed by atoms with van der Waals surface area (Å²) in [5.74, 6) is -0.174. The van der Waals surface area contributed by atoms with Gasteiger partial charge in [-0.3, -0.25) is 9.69 Å². The van der Waals surface area contributed by atoms with Gasteiger partial charge < -0.3 is 5.11 Å². The third kappa shape index (κ3) is 3.99. The van der Waals surface area contributed by atoms with Crippen LogP contribution in [0.4, 0.5) is 10.1 Å². The van der Waals surface area contributed by atoms with E-state index in [1.54, 1.807) is 40.9 Å². The van der Waals surface area contributed by atoms with Crippen molar-refractivity contribution < 1.29 is 19.1 Å². The van der Waals surface area contributed by atoms with Crippen molar-refractivity contribution in [2.24, 2.45) is 0 Å². The minimum atomic E-state index is -0.960. The Bertz CT molecular complexity index is 870. The summed E-state index contributed by atoms with van der Waals surface area (Å²) in [6, 6.07) is 9.45. The van der Waals surface area contributed by atoms with Crippen LogP contribution in [0, 0.1) is 12.7 Å². The summed E-state index contributed by atoms with van der Waals surface area (Å²) in [5.41, 5.74) is 3.42. The first-order chi connectivity index (χ1) is 12.9. The van der Waals surface area contributed by atoms with Gasteiger partial charge in [0.2, 0.25) is 5.91 Å². The standard InChI is InChI=1S/C20H20FNO3S2/c1-12-15(9-10-26-2)16(20(24)25)7-8-17(12)22-18(23)11-27-19(22)13-3-5-14(21)6-4-13/h3-8,19H,9-11H2,1-2H3,(H,24,25). The quantitative estimate of drug-likeness (QED) is 0.766. The van der Waals surface area contributed by atoms with Crippen LogP contribution in [0.1, 0.15) is 32.4 Å². The molecule has 142 valence electrons. The molecule has 0 aliphatic carbocycles. The molecule has 3 rings (SSSR count). The largest absolute Gasteiger partial charge is 0.478 e. The van der Waals surface area contributed by atoms with E-state index >= 15 is 0 Å². The van der Waals surface area contributed by atoms with Crippen molar-refractivity contribution in [3.8, 4) is 0 Å². The third-order valence-corrected chi connectivity index (χ3v) is 6.46. The van der Waals surface area contributed by atoms with Gasteiger partial charge in [-0.15, -0.1) is 11.8 Å². The number of carbonyl (C=O) groups is 2. The molecule has 1 N–H and O–H groups in total. The van der Waals surface area contributed by atoms with Gasteiger partial charge in [-0.2, -0.15) is 11.8 Å². The molecule has 0 aromatic heterocycles. The fraction of sp³-hybridized carbons (Fsp3) is 0.300. The average Bonchev–Trinajstić information content (AvgIpc) is 3.02. The van der Waals surface area contributed by atoms with E-state index in [1.807, 2.05) is 13.2 Å². The maximum Gasteiger partial charge on any atom is 0.335 e. The topological polar surface area (TPSA) is 57.6 Å². The van der Waals surface area contributed by atoms with Crippen LogP contribution in [-0.4, -0.2) is 34.7 Å². The van der Waals surface area contributed by atoms with Crippen molar-refractivity contribution in [1.29, 1.82) is 0 Å². The molecule has 0 saturated carbocycles. The normalized spacial score (nSPS) is 16.8. The molecule has 1 aliphatic rings. The third-order valence-electron chi connectivity index (χ3n) is 4.64. The van der Waals surface area contributed by atoms with Gasteiger partial charge in [-0.25, -0.2) is 9.18 Å². The van der Waals surface area contributed by atoms with Crippen molar-refractivity contribution in [3.63, 3.8) is 0 Å². The Morgan fingerprint density at radius 3 is 2.63 bits per heavy atom. The molecule has 27 heavy (non-hydrogen) atoms. The van der Waals surface area contributed by atoms with Crippen molar-refractivity contribution in [2.75, 3.05) is 22.7 Å². The van der Waals surface area contributed by atoms with E-state index < -0.39 is 5.97 Å². The van der Waals surface area contributed by atoms with Gasteiger partial charge in [-0.05, 0) is 66.3 Å². The Hall–Kier alpha value is -1.99. The van der Waals surface area contributed by atoms with Gasteiger partial charge in [0.15, 0.2) is 0 Å². The van der Waals surface area contributed by atoms with Crippen LogP contribution in [0.15, 0.2) is 36.4 Å². The lowest BCUT2D eigenvalue weighted by Gasteiger charge is -2.27. The van der Waals surface area contributed by atoms with E-state index in [1.165, 1.54) is 23.9 Å². The number of thioether (sulfide) groups is 2. The Kier molecular flexibility index (Phi) is 6.11. The van der Waals surface area contributed by atoms with Crippen LogP contribution >= 0.6 is 23.5 Å². The number of carboxylic acid groups (broad SMARTS) is 1. The zero-order valence-corrected chi connectivity index (χ0v) is 16.7. The maximum absolute atomic E-state index is 13.3. The predicted octanol–water partition coefficient (Wildman–Crippen LogP) is 4.52. The first kappa shape index (κ1) is 19.8. The van der Waals surface area contributed by atoms with Crippen LogP contribution in [-0.2, 0) is 11.2 Å². The molecule has 4 nitrogen and oxygen atoms in total. The molecule has 1 amide bonds. The first-order valence-electron chi connectivity index (χ1n) is 8.48. The summed E-state index contributed by atoms with van der Waals surface area (Å²) in [7, 11) is 0. The number of hydrogen-bond acceptors (Lipinski definition) is 4. The minimum absolute atomic E-state index is 0.0312. The van der Waals surface area contributed by atoms with Crippen molar-refractivity contribution in [2.45, 2.75) is 18.7 Å². The molecule has 1 heterocycles. The van der Waals surface area contributed by atoms with E-state index in [2.05, 4.69) is 0 Å². The molecule has 1 unspecified atom stereocenters. The zero-order valence-electron chi connectivity index (χ0n) is 15.1. The lowest BCUT2D eigenvalue weighted by atomic mass is 9.97. The summed E-state index contributed by atoms with van der Waals surface area (Å²) < 4.78 is 13.3. The predicted molar refractivity (Wildman–Crippen MR) is 109 cm³/mol. The van der Waals surface area contributed by atoms with E-state index in [-0.39, 0.29) is 22.7 Å². The van der Waals surface area contributed by atoms with Gasteiger partial charge in [0.05, 0.1) is 11.3 Å². The van der Waals surface area contributed by atoms with E-state index in [9.17, 15) is 19.1 Å². The van der Waals surface area contributed by atoms with E-state index in [4.69, 9.17) is 0 Å². The molecule has 2 aromatic rings. The number of carbonyl (C=O) groups excluding carboxylic acids is 1. The molecule has 1 fully saturated rings. The molecule has 7 heteroatoms. The Balaban J connectivity index is 2.06. The van der Waals surface area contributed by atoms with Crippen molar-refractivity contribution in [3.05, 3.63) is 64.5 Å². The van der Waals surface area contributed by atoms with Crippen LogP contribution < -0.4 is 4.90 Å². The van der Waals surface area contributed by atoms with Crippen molar-refractivity contribution in [1.82, 2.24) is 0 Å². The van der Waals surface area contributed by atoms with Gasteiger partial charge in [0.1, 0.15) is 11.2 Å². The smallest absolute Gasteiger partial charge is 0.335 e. The zero-order chi connectivity index (χ0) is 19.6. The highest BCUT2D eigenvalue weighted by Crippen LogP contribution is 2.43. The molecule has 2 aromatic carbocycles. The van der Waals surface area contributed by atoms with Gasteiger partial charge in [0.25, 0.3) is 0 Å². The molecule has 1 aliphatic heterocycles. The number of halogens is 1. The highest BCUT2D eigenvalue weighted by atomic mass is 32.2. The highest BCUT2D eigenvalue weighted by Gasteiger charge is 2.35. The first-order valence-corrected chi connectivity index (χ1v) is 10.9. The summed E-state index contributed by atoms with van der Waals surface area (Å²) in [4.78, 5) is 26.0. The number of amides is 1. The molecule has 0 spiro atoms. The van der Waals surface area contributed by atoms with Crippen LogP contribution in [0.5, 0.6) is 0 Å². The number of anilines is 1. The number of carboxylic acids is 1. The summed E-state index contributed by atoms with van der Waals surface area (Å²) in [5, 5.41) is 9.28. The van der Waals surface area contributed by atoms with Crippen LogP contribution in [0.25, 0.3) is 0 Å². The van der Waals surface area contributed by atoms with Gasteiger partial charge in [0, 0.05) is 5.69 Å². The SMILES string of the molecule is CSCCc1c(C(=O)O)ccc(N2C(=O)CSC2c2ccc(F)cc2)c1C. The summed E-state index contributed by atoms with van der Waals surface area (Å²) in [6.07, 6.45) is 2.60. The molecule has 1 atom stereocenters. The molecule has 1 saturated heterocycles. The van der Waals surface area contributed by atoms with E-state index in [0.29, 0.717) is 12.2 Å². The molecule has 0 bridgehead atoms. The molecular formula is C20H20FNO3S2. The van der Waals surface area contributed by atoms with Gasteiger partial charge >= 0.3 is 5.97 Å². The Labute approximate surface area is 166 Å². The number of hydrogen-bond donors (Lipinski definition) is 1. The number of rotatable bonds is 6. The average molecular weight is 406 g/mol. The summed E-state index contributed by atoms with van der Waals surface area (Å²) >= 11 is 3.14. The second-order valence-electron chi connectivity index (χ2n) is 6.26. The number of benzene rings is 2. The van der Waals surface area contributed by atoms with Crippen LogP contribution in [0.2, 0.25) is 0 Å². The molecule has 0 radical (unpaired) electrons. The highest BCUT2D eigenvalue weighted by molar-refractivity contribution is 8.00. The fourth-order valence-corrected chi connectivity index (χ4v) is 4.87. The second-order valence-corrected chi connectivity index (χ2v) is 8.32. The van der Waals surface area contributed by atoms with Crippen LogP contribution in [0.3, 0.4) is 0 Å². The lowest BCUT2D eigenvalue weighted by molar-refractivity contribution is -0.115. The lowest BCUT2D eigenvalue weighted by Crippen LogP contribution is -2.29.